The summed E-state index contributed by atoms with van der Waals surface area (Å²) in [4.78, 5) is 0. The Kier molecular flexibility index (Phi) is 2.16. The van der Waals surface area contributed by atoms with Gasteiger partial charge in [0.2, 0.25) is 0 Å². The summed E-state index contributed by atoms with van der Waals surface area (Å²) < 4.78 is 0. The number of hydrogen-bond donors (Lipinski definition) is 3. The fourth-order valence-corrected chi connectivity index (χ4v) is 1.22. The standard InChI is InChI=1S/C5H11NOS/c7-5-1-4(3-8)6-2-5/h4-8H,1-3H2/t4-,5+/m0/s1. The van der Waals surface area contributed by atoms with Crippen molar-refractivity contribution in [3.8, 4) is 0 Å². The molecule has 1 rings (SSSR count). The van der Waals surface area contributed by atoms with Gasteiger partial charge in [-0.2, -0.15) is 12.6 Å². The lowest BCUT2D eigenvalue weighted by Crippen LogP contribution is -2.22. The third-order valence-corrected chi connectivity index (χ3v) is 1.86. The highest BCUT2D eigenvalue weighted by atomic mass is 32.1. The van der Waals surface area contributed by atoms with Crippen LogP contribution in [-0.2, 0) is 0 Å². The van der Waals surface area contributed by atoms with Gasteiger partial charge < -0.3 is 10.4 Å². The molecule has 0 aromatic carbocycles. The van der Waals surface area contributed by atoms with E-state index < -0.39 is 0 Å². The van der Waals surface area contributed by atoms with Gasteiger partial charge in [0.1, 0.15) is 0 Å². The van der Waals surface area contributed by atoms with Crippen molar-refractivity contribution in [1.82, 2.24) is 5.32 Å². The molecular weight excluding hydrogens is 122 g/mol. The Balaban J connectivity index is 2.22. The zero-order valence-corrected chi connectivity index (χ0v) is 5.56. The van der Waals surface area contributed by atoms with E-state index in [1.807, 2.05) is 0 Å². The summed E-state index contributed by atoms with van der Waals surface area (Å²) >= 11 is 4.08. The maximum Gasteiger partial charge on any atom is 0.0679 e. The molecule has 1 saturated heterocycles. The summed E-state index contributed by atoms with van der Waals surface area (Å²) in [6.07, 6.45) is 0.732. The van der Waals surface area contributed by atoms with Crippen LogP contribution in [0.15, 0.2) is 0 Å². The van der Waals surface area contributed by atoms with Crippen LogP contribution in [0.2, 0.25) is 0 Å². The maximum atomic E-state index is 8.93. The van der Waals surface area contributed by atoms with Gasteiger partial charge in [0, 0.05) is 18.3 Å². The maximum absolute atomic E-state index is 8.93. The van der Waals surface area contributed by atoms with Crippen LogP contribution in [0.3, 0.4) is 0 Å². The summed E-state index contributed by atoms with van der Waals surface area (Å²) in [6, 6.07) is 0.438. The fraction of sp³-hybridized carbons (Fsp3) is 1.00. The quantitative estimate of drug-likeness (QED) is 0.427. The fourth-order valence-electron chi connectivity index (χ4n) is 0.937. The summed E-state index contributed by atoms with van der Waals surface area (Å²) in [6.45, 7) is 0.741. The minimum Gasteiger partial charge on any atom is -0.392 e. The van der Waals surface area contributed by atoms with Crippen LogP contribution in [0, 0.1) is 0 Å². The lowest BCUT2D eigenvalue weighted by molar-refractivity contribution is 0.194. The molecule has 48 valence electrons. The highest BCUT2D eigenvalue weighted by Gasteiger charge is 2.19. The molecule has 1 fully saturated rings. The second-order valence-corrected chi connectivity index (χ2v) is 2.54. The largest absolute Gasteiger partial charge is 0.392 e. The molecule has 0 aromatic rings. The summed E-state index contributed by atoms with van der Waals surface area (Å²) in [5, 5.41) is 12.1. The van der Waals surface area contributed by atoms with E-state index in [-0.39, 0.29) is 6.10 Å². The monoisotopic (exact) mass is 133 g/mol. The van der Waals surface area contributed by atoms with Crippen LogP contribution in [0.1, 0.15) is 6.42 Å². The average molecular weight is 133 g/mol. The molecule has 0 spiro atoms. The third kappa shape index (κ3) is 1.37. The lowest BCUT2D eigenvalue weighted by atomic mass is 10.2. The number of rotatable bonds is 1. The normalized spacial score (nSPS) is 38.2. The highest BCUT2D eigenvalue weighted by molar-refractivity contribution is 7.80. The molecule has 1 aliphatic rings. The van der Waals surface area contributed by atoms with Crippen LogP contribution in [0.4, 0.5) is 0 Å². The van der Waals surface area contributed by atoms with E-state index in [0.29, 0.717) is 6.04 Å². The second kappa shape index (κ2) is 2.71. The van der Waals surface area contributed by atoms with E-state index in [1.165, 1.54) is 0 Å². The average Bonchev–Trinajstić information content (AvgIpc) is 2.14. The van der Waals surface area contributed by atoms with Gasteiger partial charge in [-0.25, -0.2) is 0 Å². The molecule has 0 unspecified atom stereocenters. The first-order valence-electron chi connectivity index (χ1n) is 2.85. The summed E-state index contributed by atoms with van der Waals surface area (Å²) in [5.74, 6) is 0.830. The van der Waals surface area contributed by atoms with Crippen LogP contribution >= 0.6 is 12.6 Å². The molecule has 2 nitrogen and oxygen atoms in total. The third-order valence-electron chi connectivity index (χ3n) is 1.42. The first-order valence-corrected chi connectivity index (χ1v) is 3.48. The van der Waals surface area contributed by atoms with Crippen LogP contribution in [-0.4, -0.2) is 29.5 Å². The molecule has 0 aromatic heterocycles. The van der Waals surface area contributed by atoms with E-state index >= 15 is 0 Å². The number of aliphatic hydroxyl groups is 1. The van der Waals surface area contributed by atoms with E-state index in [9.17, 15) is 0 Å². The Labute approximate surface area is 54.7 Å². The van der Waals surface area contributed by atoms with E-state index in [0.717, 1.165) is 18.7 Å². The van der Waals surface area contributed by atoms with Crippen molar-refractivity contribution in [2.24, 2.45) is 0 Å². The summed E-state index contributed by atoms with van der Waals surface area (Å²) in [5.41, 5.74) is 0. The SMILES string of the molecule is O[C@H]1CN[C@H](CS)C1. The van der Waals surface area contributed by atoms with E-state index in [2.05, 4.69) is 17.9 Å². The zero-order valence-electron chi connectivity index (χ0n) is 4.67. The van der Waals surface area contributed by atoms with Gasteiger partial charge in [0.15, 0.2) is 0 Å². The van der Waals surface area contributed by atoms with Gasteiger partial charge in [-0.3, -0.25) is 0 Å². The number of nitrogens with one attached hydrogen (secondary N) is 1. The van der Waals surface area contributed by atoms with Crippen molar-refractivity contribution in [3.63, 3.8) is 0 Å². The molecule has 0 saturated carbocycles. The van der Waals surface area contributed by atoms with Crippen molar-refractivity contribution < 1.29 is 5.11 Å². The number of β-amino-alcohol motifs (C(OH)–C–C–N with tert-alkyl or cyclic N) is 1. The minimum absolute atomic E-state index is 0.132. The van der Waals surface area contributed by atoms with Crippen molar-refractivity contribution in [3.05, 3.63) is 0 Å². The molecule has 3 heteroatoms. The highest BCUT2D eigenvalue weighted by Crippen LogP contribution is 2.06. The van der Waals surface area contributed by atoms with Gasteiger partial charge in [0.25, 0.3) is 0 Å². The van der Waals surface area contributed by atoms with E-state index in [4.69, 9.17) is 5.11 Å². The van der Waals surface area contributed by atoms with Gasteiger partial charge in [0.05, 0.1) is 6.10 Å². The van der Waals surface area contributed by atoms with Crippen molar-refractivity contribution in [2.75, 3.05) is 12.3 Å². The van der Waals surface area contributed by atoms with Gasteiger partial charge in [-0.1, -0.05) is 0 Å². The Morgan fingerprint density at radius 1 is 1.75 bits per heavy atom. The number of aliphatic hydroxyl groups excluding tert-OH is 1. The van der Waals surface area contributed by atoms with Crippen LogP contribution < -0.4 is 5.32 Å². The van der Waals surface area contributed by atoms with Gasteiger partial charge in [-0.05, 0) is 6.42 Å². The molecule has 0 bridgehead atoms. The Bertz CT molecular complexity index is 78.8. The minimum atomic E-state index is -0.132. The molecule has 0 radical (unpaired) electrons. The van der Waals surface area contributed by atoms with Crippen molar-refractivity contribution >= 4 is 12.6 Å². The molecule has 8 heavy (non-hydrogen) atoms. The second-order valence-electron chi connectivity index (χ2n) is 2.18. The van der Waals surface area contributed by atoms with Crippen LogP contribution in [0.25, 0.3) is 0 Å². The Morgan fingerprint density at radius 3 is 2.75 bits per heavy atom. The Hall–Kier alpha value is 0.270. The molecule has 1 heterocycles. The molecule has 2 N–H and O–H groups in total. The predicted molar refractivity (Wildman–Crippen MR) is 36.3 cm³/mol. The molecular formula is C5H11NOS. The number of thiol groups is 1. The Morgan fingerprint density at radius 2 is 2.50 bits per heavy atom. The first kappa shape index (κ1) is 6.39. The smallest absolute Gasteiger partial charge is 0.0679 e. The lowest BCUT2D eigenvalue weighted by Gasteiger charge is -2.01. The molecule has 2 atom stereocenters. The topological polar surface area (TPSA) is 32.3 Å². The van der Waals surface area contributed by atoms with Crippen molar-refractivity contribution in [1.29, 1.82) is 0 Å². The molecule has 1 aliphatic heterocycles. The number of hydrogen-bond acceptors (Lipinski definition) is 3. The van der Waals surface area contributed by atoms with Gasteiger partial charge in [-0.15, -0.1) is 0 Å². The van der Waals surface area contributed by atoms with E-state index in [1.54, 1.807) is 0 Å². The summed E-state index contributed by atoms with van der Waals surface area (Å²) in [7, 11) is 0. The molecule has 0 amide bonds. The predicted octanol–water partition coefficient (Wildman–Crippen LogP) is -0.361. The first-order chi connectivity index (χ1) is 3.83. The van der Waals surface area contributed by atoms with Gasteiger partial charge >= 0.3 is 0 Å². The van der Waals surface area contributed by atoms with Crippen LogP contribution in [0.5, 0.6) is 0 Å². The molecule has 0 aliphatic carbocycles. The zero-order chi connectivity index (χ0) is 5.98. The van der Waals surface area contributed by atoms with Crippen molar-refractivity contribution in [2.45, 2.75) is 18.6 Å².